The largest absolute Gasteiger partial charge is 0.444 e. The molecule has 0 aromatic carbocycles. The predicted molar refractivity (Wildman–Crippen MR) is 81.1 cm³/mol. The van der Waals surface area contributed by atoms with Gasteiger partial charge in [-0.25, -0.2) is 4.79 Å². The van der Waals surface area contributed by atoms with E-state index in [0.717, 1.165) is 0 Å². The van der Waals surface area contributed by atoms with E-state index in [0.29, 0.717) is 32.6 Å². The number of nitrogens with one attached hydrogen (secondary N) is 1. The van der Waals surface area contributed by atoms with Gasteiger partial charge >= 0.3 is 17.9 Å². The summed E-state index contributed by atoms with van der Waals surface area (Å²) < 4.78 is 5.32. The van der Waals surface area contributed by atoms with Crippen LogP contribution in [0.5, 0.6) is 0 Å². The second-order valence-corrected chi connectivity index (χ2v) is 6.16. The number of amides is 3. The minimum absolute atomic E-state index is 0.266. The van der Waals surface area contributed by atoms with Crippen molar-refractivity contribution in [2.75, 3.05) is 39.3 Å². The first-order valence-electron chi connectivity index (χ1n) is 7.49. The van der Waals surface area contributed by atoms with Gasteiger partial charge in [-0.15, -0.1) is 0 Å². The molecule has 1 saturated heterocycles. The molecular formula is C14H26N4O4. The maximum Gasteiger partial charge on any atom is 0.410 e. The average molecular weight is 314 g/mol. The number of carbonyl (C=O) groups excluding carboxylic acids is 3. The van der Waals surface area contributed by atoms with Crippen LogP contribution in [0.15, 0.2) is 0 Å². The van der Waals surface area contributed by atoms with Crippen LogP contribution in [0.25, 0.3) is 0 Å². The molecular weight excluding hydrogens is 288 g/mol. The zero-order chi connectivity index (χ0) is 16.8. The fourth-order valence-corrected chi connectivity index (χ4v) is 2.03. The monoisotopic (exact) mass is 314 g/mol. The molecule has 1 heterocycles. The normalized spacial score (nSPS) is 16.0. The molecule has 3 N–H and O–H groups in total. The lowest BCUT2D eigenvalue weighted by Crippen LogP contribution is -2.46. The molecule has 8 heteroatoms. The summed E-state index contributed by atoms with van der Waals surface area (Å²) in [5.41, 5.74) is 4.73. The summed E-state index contributed by atoms with van der Waals surface area (Å²) in [4.78, 5) is 38.7. The average Bonchev–Trinajstić information content (AvgIpc) is 2.67. The van der Waals surface area contributed by atoms with E-state index in [4.69, 9.17) is 10.5 Å². The summed E-state index contributed by atoms with van der Waals surface area (Å²) in [6.07, 6.45) is 0.212. The highest BCUT2D eigenvalue weighted by molar-refractivity contribution is 6.35. The zero-order valence-corrected chi connectivity index (χ0v) is 13.6. The Morgan fingerprint density at radius 1 is 1.09 bits per heavy atom. The lowest BCUT2D eigenvalue weighted by atomic mass is 10.2. The Labute approximate surface area is 130 Å². The molecule has 1 rings (SSSR count). The standard InChI is InChI=1S/C14H26N4O4/c1-14(2,3)22-13(21)18-8-4-7-17(9-10-18)12(20)11(19)16-6-5-15/h4-10,15H2,1-3H3,(H,16,19). The molecule has 3 amide bonds. The Kier molecular flexibility index (Phi) is 6.61. The van der Waals surface area contributed by atoms with E-state index in [1.807, 2.05) is 0 Å². The molecule has 0 radical (unpaired) electrons. The zero-order valence-electron chi connectivity index (χ0n) is 13.6. The topological polar surface area (TPSA) is 105 Å². The van der Waals surface area contributed by atoms with Gasteiger partial charge in [-0.3, -0.25) is 9.59 Å². The van der Waals surface area contributed by atoms with Gasteiger partial charge in [0.2, 0.25) is 0 Å². The van der Waals surface area contributed by atoms with Crippen molar-refractivity contribution in [1.82, 2.24) is 15.1 Å². The molecule has 1 aliphatic heterocycles. The number of hydrogen-bond acceptors (Lipinski definition) is 5. The maximum atomic E-state index is 12.0. The number of hydrogen-bond donors (Lipinski definition) is 2. The molecule has 0 bridgehead atoms. The first-order valence-corrected chi connectivity index (χ1v) is 7.49. The second-order valence-electron chi connectivity index (χ2n) is 6.16. The highest BCUT2D eigenvalue weighted by Crippen LogP contribution is 2.12. The van der Waals surface area contributed by atoms with Gasteiger partial charge in [-0.1, -0.05) is 0 Å². The van der Waals surface area contributed by atoms with E-state index in [-0.39, 0.29) is 13.1 Å². The predicted octanol–water partition coefficient (Wildman–Crippen LogP) is -0.469. The Balaban J connectivity index is 2.53. The van der Waals surface area contributed by atoms with Crippen molar-refractivity contribution in [2.24, 2.45) is 5.73 Å². The first kappa shape index (κ1) is 18.2. The van der Waals surface area contributed by atoms with Crippen molar-refractivity contribution in [3.8, 4) is 0 Å². The lowest BCUT2D eigenvalue weighted by molar-refractivity contribution is -0.145. The highest BCUT2D eigenvalue weighted by atomic mass is 16.6. The summed E-state index contributed by atoms with van der Waals surface area (Å²) >= 11 is 0. The van der Waals surface area contributed by atoms with Crippen molar-refractivity contribution < 1.29 is 19.1 Å². The summed E-state index contributed by atoms with van der Waals surface area (Å²) in [7, 11) is 0. The number of carbonyl (C=O) groups is 3. The summed E-state index contributed by atoms with van der Waals surface area (Å²) in [5.74, 6) is -1.24. The van der Waals surface area contributed by atoms with Gasteiger partial charge in [0.15, 0.2) is 0 Å². The van der Waals surface area contributed by atoms with Crippen molar-refractivity contribution in [2.45, 2.75) is 32.8 Å². The first-order chi connectivity index (χ1) is 10.2. The highest BCUT2D eigenvalue weighted by Gasteiger charge is 2.28. The fraction of sp³-hybridized carbons (Fsp3) is 0.786. The van der Waals surface area contributed by atoms with E-state index in [9.17, 15) is 14.4 Å². The molecule has 0 saturated carbocycles. The van der Waals surface area contributed by atoms with Crippen LogP contribution in [-0.4, -0.2) is 72.6 Å². The van der Waals surface area contributed by atoms with E-state index in [1.54, 1.807) is 25.7 Å². The van der Waals surface area contributed by atoms with Crippen LogP contribution in [0.3, 0.4) is 0 Å². The molecule has 0 aromatic heterocycles. The van der Waals surface area contributed by atoms with Gasteiger partial charge in [0.1, 0.15) is 5.60 Å². The third-order valence-electron chi connectivity index (χ3n) is 3.06. The smallest absolute Gasteiger partial charge is 0.410 e. The van der Waals surface area contributed by atoms with E-state index >= 15 is 0 Å². The van der Waals surface area contributed by atoms with Crippen LogP contribution in [0, 0.1) is 0 Å². The third kappa shape index (κ3) is 5.88. The van der Waals surface area contributed by atoms with Crippen LogP contribution in [0.1, 0.15) is 27.2 Å². The van der Waals surface area contributed by atoms with E-state index < -0.39 is 23.5 Å². The Morgan fingerprint density at radius 2 is 1.68 bits per heavy atom. The number of ether oxygens (including phenoxy) is 1. The van der Waals surface area contributed by atoms with Gasteiger partial charge in [0, 0.05) is 39.3 Å². The molecule has 1 aliphatic rings. The van der Waals surface area contributed by atoms with Gasteiger partial charge in [0.05, 0.1) is 0 Å². The number of nitrogens with two attached hydrogens (primary N) is 1. The fourth-order valence-electron chi connectivity index (χ4n) is 2.03. The molecule has 0 aliphatic carbocycles. The maximum absolute atomic E-state index is 12.0. The third-order valence-corrected chi connectivity index (χ3v) is 3.06. The van der Waals surface area contributed by atoms with Crippen LogP contribution >= 0.6 is 0 Å². The van der Waals surface area contributed by atoms with Gasteiger partial charge in [-0.05, 0) is 27.2 Å². The molecule has 0 unspecified atom stereocenters. The van der Waals surface area contributed by atoms with Gasteiger partial charge in [0.25, 0.3) is 0 Å². The minimum Gasteiger partial charge on any atom is -0.444 e. The van der Waals surface area contributed by atoms with Crippen LogP contribution in [-0.2, 0) is 14.3 Å². The molecule has 8 nitrogen and oxygen atoms in total. The van der Waals surface area contributed by atoms with Crippen LogP contribution < -0.4 is 11.1 Å². The van der Waals surface area contributed by atoms with Gasteiger partial charge in [-0.2, -0.15) is 0 Å². The van der Waals surface area contributed by atoms with Crippen LogP contribution in [0.2, 0.25) is 0 Å². The number of nitrogens with zero attached hydrogens (tertiary/aromatic N) is 2. The molecule has 0 aromatic rings. The lowest BCUT2D eigenvalue weighted by Gasteiger charge is -2.26. The van der Waals surface area contributed by atoms with E-state index in [2.05, 4.69) is 5.32 Å². The van der Waals surface area contributed by atoms with Crippen molar-refractivity contribution in [1.29, 1.82) is 0 Å². The molecule has 0 atom stereocenters. The Morgan fingerprint density at radius 3 is 2.27 bits per heavy atom. The van der Waals surface area contributed by atoms with Crippen molar-refractivity contribution in [3.05, 3.63) is 0 Å². The Bertz CT molecular complexity index is 420. The summed E-state index contributed by atoms with van der Waals surface area (Å²) in [6.45, 7) is 7.57. The van der Waals surface area contributed by atoms with E-state index in [1.165, 1.54) is 4.90 Å². The van der Waals surface area contributed by atoms with Crippen LogP contribution in [0.4, 0.5) is 4.79 Å². The number of rotatable bonds is 2. The summed E-state index contributed by atoms with van der Waals surface area (Å²) in [6, 6.07) is 0. The summed E-state index contributed by atoms with van der Waals surface area (Å²) in [5, 5.41) is 2.45. The van der Waals surface area contributed by atoms with Crippen molar-refractivity contribution >= 4 is 17.9 Å². The van der Waals surface area contributed by atoms with Gasteiger partial charge < -0.3 is 25.6 Å². The molecule has 22 heavy (non-hydrogen) atoms. The molecule has 1 fully saturated rings. The molecule has 0 spiro atoms. The molecule has 126 valence electrons. The SMILES string of the molecule is CC(C)(C)OC(=O)N1CCCN(C(=O)C(=O)NCCN)CC1. The quantitative estimate of drug-likeness (QED) is 0.671. The minimum atomic E-state index is -0.656. The second kappa shape index (κ2) is 7.98. The Hall–Kier alpha value is -1.83. The van der Waals surface area contributed by atoms with Crippen molar-refractivity contribution in [3.63, 3.8) is 0 Å².